The number of primary amides is 1. The van der Waals surface area contributed by atoms with Crippen molar-refractivity contribution in [1.29, 1.82) is 0 Å². The third-order valence-electron chi connectivity index (χ3n) is 4.86. The molecule has 27 heavy (non-hydrogen) atoms. The lowest BCUT2D eigenvalue weighted by Gasteiger charge is -2.30. The van der Waals surface area contributed by atoms with Gasteiger partial charge in [-0.05, 0) is 35.9 Å². The molecule has 1 aliphatic rings. The van der Waals surface area contributed by atoms with E-state index in [1.807, 2.05) is 28.8 Å². The van der Waals surface area contributed by atoms with Crippen LogP contribution in [-0.2, 0) is 6.54 Å². The van der Waals surface area contributed by atoms with Crippen molar-refractivity contribution in [2.75, 3.05) is 31.1 Å². The molecule has 142 valence electrons. The zero-order valence-electron chi connectivity index (χ0n) is 14.8. The first-order chi connectivity index (χ1) is 12.6. The van der Waals surface area contributed by atoms with Gasteiger partial charge in [-0.1, -0.05) is 18.2 Å². The van der Waals surface area contributed by atoms with Crippen molar-refractivity contribution in [3.63, 3.8) is 0 Å². The van der Waals surface area contributed by atoms with Crippen molar-refractivity contribution < 1.29 is 9.18 Å². The summed E-state index contributed by atoms with van der Waals surface area (Å²) in [4.78, 5) is 14.4. The Hall–Kier alpha value is -2.57. The zero-order chi connectivity index (χ0) is 18.1. The number of rotatable bonds is 4. The molecule has 0 saturated carbocycles. The molecule has 0 aliphatic carbocycles. The van der Waals surface area contributed by atoms with Gasteiger partial charge in [0.05, 0.1) is 5.52 Å². The second kappa shape index (κ2) is 7.98. The predicted molar refractivity (Wildman–Crippen MR) is 108 cm³/mol. The van der Waals surface area contributed by atoms with E-state index in [1.54, 1.807) is 6.07 Å². The van der Waals surface area contributed by atoms with Crippen LogP contribution in [0, 0.1) is 5.82 Å². The summed E-state index contributed by atoms with van der Waals surface area (Å²) in [6, 6.07) is 14.3. The highest BCUT2D eigenvalue weighted by molar-refractivity contribution is 6.02. The molecule has 7 heteroatoms. The van der Waals surface area contributed by atoms with E-state index < -0.39 is 5.91 Å². The number of nitrogens with two attached hydrogens (primary N) is 1. The number of nitrogens with one attached hydrogen (secondary N) is 1. The van der Waals surface area contributed by atoms with Gasteiger partial charge in [0.1, 0.15) is 11.5 Å². The second-order valence-electron chi connectivity index (χ2n) is 6.56. The predicted octanol–water partition coefficient (Wildman–Crippen LogP) is 2.76. The van der Waals surface area contributed by atoms with Crippen LogP contribution in [0.4, 0.5) is 10.1 Å². The van der Waals surface area contributed by atoms with Crippen molar-refractivity contribution >= 4 is 34.9 Å². The molecule has 0 bridgehead atoms. The minimum atomic E-state index is -0.483. The SMILES string of the molecule is Cl.NC(=O)c1cc2c(N3CCNCC3)cccc2n1Cc1cccc(F)c1. The number of anilines is 1. The maximum Gasteiger partial charge on any atom is 0.265 e. The van der Waals surface area contributed by atoms with Crippen LogP contribution in [0.2, 0.25) is 0 Å². The molecule has 0 atom stereocenters. The molecule has 2 heterocycles. The van der Waals surface area contributed by atoms with Crippen LogP contribution in [0.15, 0.2) is 48.5 Å². The van der Waals surface area contributed by atoms with Gasteiger partial charge in [-0.25, -0.2) is 4.39 Å². The number of benzene rings is 2. The highest BCUT2D eigenvalue weighted by Crippen LogP contribution is 2.31. The van der Waals surface area contributed by atoms with Crippen LogP contribution >= 0.6 is 12.4 Å². The fourth-order valence-corrected chi connectivity index (χ4v) is 3.64. The Morgan fingerprint density at radius 2 is 1.85 bits per heavy atom. The van der Waals surface area contributed by atoms with Gasteiger partial charge >= 0.3 is 0 Å². The van der Waals surface area contributed by atoms with Crippen molar-refractivity contribution in [2.24, 2.45) is 5.73 Å². The number of carbonyl (C=O) groups excluding carboxylic acids is 1. The Bertz CT molecular complexity index is 966. The topological polar surface area (TPSA) is 63.3 Å². The molecule has 2 aromatic carbocycles. The number of hydrogen-bond acceptors (Lipinski definition) is 3. The highest BCUT2D eigenvalue weighted by Gasteiger charge is 2.19. The summed E-state index contributed by atoms with van der Waals surface area (Å²) in [5, 5.41) is 4.35. The van der Waals surface area contributed by atoms with Crippen LogP contribution < -0.4 is 16.0 Å². The van der Waals surface area contributed by atoms with Crippen LogP contribution in [0.25, 0.3) is 10.9 Å². The molecule has 3 aromatic rings. The van der Waals surface area contributed by atoms with Crippen molar-refractivity contribution in [2.45, 2.75) is 6.54 Å². The molecular formula is C20H22ClFN4O. The van der Waals surface area contributed by atoms with Crippen molar-refractivity contribution in [3.05, 3.63) is 65.6 Å². The van der Waals surface area contributed by atoms with Crippen LogP contribution in [0.3, 0.4) is 0 Å². The van der Waals surface area contributed by atoms with Gasteiger partial charge < -0.3 is 20.5 Å². The lowest BCUT2D eigenvalue weighted by molar-refractivity contribution is 0.0992. The molecule has 1 aromatic heterocycles. The Morgan fingerprint density at radius 3 is 2.56 bits per heavy atom. The van der Waals surface area contributed by atoms with E-state index >= 15 is 0 Å². The Balaban J connectivity index is 0.00000210. The monoisotopic (exact) mass is 388 g/mol. The summed E-state index contributed by atoms with van der Waals surface area (Å²) in [5.74, 6) is -0.773. The number of nitrogens with zero attached hydrogens (tertiary/aromatic N) is 2. The molecule has 1 fully saturated rings. The number of carbonyl (C=O) groups is 1. The lowest BCUT2D eigenvalue weighted by Crippen LogP contribution is -2.43. The number of fused-ring (bicyclic) bond motifs is 1. The van der Waals surface area contributed by atoms with Gasteiger partial charge in [0.2, 0.25) is 0 Å². The Labute approximate surface area is 163 Å². The molecule has 3 N–H and O–H groups in total. The smallest absolute Gasteiger partial charge is 0.265 e. The second-order valence-corrected chi connectivity index (χ2v) is 6.56. The maximum absolute atomic E-state index is 13.6. The maximum atomic E-state index is 13.6. The average molecular weight is 389 g/mol. The normalized spacial score (nSPS) is 14.2. The van der Waals surface area contributed by atoms with E-state index in [1.165, 1.54) is 12.1 Å². The first-order valence-electron chi connectivity index (χ1n) is 8.75. The Kier molecular flexibility index (Phi) is 5.68. The van der Waals surface area contributed by atoms with E-state index in [4.69, 9.17) is 5.73 Å². The van der Waals surface area contributed by atoms with Crippen LogP contribution in [0.5, 0.6) is 0 Å². The van der Waals surface area contributed by atoms with Gasteiger partial charge in [-0.15, -0.1) is 12.4 Å². The van der Waals surface area contributed by atoms with E-state index in [-0.39, 0.29) is 18.2 Å². The standard InChI is InChI=1S/C20H21FN4O.ClH/c21-15-4-1-3-14(11-15)13-25-18-6-2-5-17(24-9-7-23-8-10-24)16(18)12-19(25)20(22)26;/h1-6,11-12,23H,7-10,13H2,(H2,22,26);1H. The Morgan fingerprint density at radius 1 is 1.11 bits per heavy atom. The molecule has 4 rings (SSSR count). The number of piperazine rings is 1. The van der Waals surface area contributed by atoms with Gasteiger partial charge in [-0.2, -0.15) is 0 Å². The summed E-state index contributed by atoms with van der Waals surface area (Å²) in [7, 11) is 0. The fourth-order valence-electron chi connectivity index (χ4n) is 3.64. The van der Waals surface area contributed by atoms with E-state index in [9.17, 15) is 9.18 Å². The van der Waals surface area contributed by atoms with Crippen molar-refractivity contribution in [1.82, 2.24) is 9.88 Å². The third kappa shape index (κ3) is 3.77. The highest BCUT2D eigenvalue weighted by atomic mass is 35.5. The van der Waals surface area contributed by atoms with Gasteiger partial charge in [0.15, 0.2) is 0 Å². The van der Waals surface area contributed by atoms with Crippen molar-refractivity contribution in [3.8, 4) is 0 Å². The third-order valence-corrected chi connectivity index (χ3v) is 4.86. The molecule has 1 saturated heterocycles. The number of aromatic nitrogens is 1. The molecule has 0 radical (unpaired) electrons. The largest absolute Gasteiger partial charge is 0.368 e. The summed E-state index contributed by atoms with van der Waals surface area (Å²) in [5.41, 5.74) is 8.89. The molecular weight excluding hydrogens is 367 g/mol. The van der Waals surface area contributed by atoms with Gasteiger partial charge in [0, 0.05) is 43.8 Å². The van der Waals surface area contributed by atoms with E-state index in [0.717, 1.165) is 48.3 Å². The molecule has 5 nitrogen and oxygen atoms in total. The first kappa shape index (κ1) is 19.2. The summed E-state index contributed by atoms with van der Waals surface area (Å²) >= 11 is 0. The number of hydrogen-bond donors (Lipinski definition) is 2. The van der Waals surface area contributed by atoms with Crippen LogP contribution in [-0.4, -0.2) is 36.7 Å². The number of halogens is 2. The molecule has 1 aliphatic heterocycles. The summed E-state index contributed by atoms with van der Waals surface area (Å²) in [6.45, 7) is 4.09. The number of amides is 1. The average Bonchev–Trinajstić information content (AvgIpc) is 3.01. The van der Waals surface area contributed by atoms with Gasteiger partial charge in [-0.3, -0.25) is 4.79 Å². The minimum Gasteiger partial charge on any atom is -0.368 e. The minimum absolute atomic E-state index is 0. The molecule has 0 unspecified atom stereocenters. The van der Waals surface area contributed by atoms with Crippen LogP contribution in [0.1, 0.15) is 16.1 Å². The van der Waals surface area contributed by atoms with Gasteiger partial charge in [0.25, 0.3) is 5.91 Å². The molecule has 0 spiro atoms. The molecule has 1 amide bonds. The zero-order valence-corrected chi connectivity index (χ0v) is 15.6. The lowest BCUT2D eigenvalue weighted by atomic mass is 10.1. The van der Waals surface area contributed by atoms with E-state index in [2.05, 4.69) is 16.3 Å². The summed E-state index contributed by atoms with van der Waals surface area (Å²) < 4.78 is 15.4. The fraction of sp³-hybridized carbons (Fsp3) is 0.250. The summed E-state index contributed by atoms with van der Waals surface area (Å²) in [6.07, 6.45) is 0. The first-order valence-corrected chi connectivity index (χ1v) is 8.75. The quantitative estimate of drug-likeness (QED) is 0.722. The van der Waals surface area contributed by atoms with E-state index in [0.29, 0.717) is 12.2 Å².